The van der Waals surface area contributed by atoms with Gasteiger partial charge in [0.15, 0.2) is 0 Å². The van der Waals surface area contributed by atoms with Crippen LogP contribution in [0.3, 0.4) is 0 Å². The van der Waals surface area contributed by atoms with Crippen LogP contribution in [0, 0.1) is 27.7 Å². The summed E-state index contributed by atoms with van der Waals surface area (Å²) in [5, 5.41) is 2.09. The molecule has 0 radical (unpaired) electrons. The third-order valence-corrected chi connectivity index (χ3v) is 4.02. The highest BCUT2D eigenvalue weighted by Gasteiger charge is 2.20. The number of aryl methyl sites for hydroxylation is 3. The molecule has 2 heterocycles. The van der Waals surface area contributed by atoms with Crippen LogP contribution < -0.4 is 5.73 Å². The van der Waals surface area contributed by atoms with Crippen LogP contribution in [-0.4, -0.2) is 0 Å². The molecule has 1 atom stereocenters. The van der Waals surface area contributed by atoms with Crippen molar-refractivity contribution in [1.29, 1.82) is 0 Å². The Hall–Kier alpha value is -1.06. The summed E-state index contributed by atoms with van der Waals surface area (Å²) in [6, 6.07) is 2.04. The highest BCUT2D eigenvalue weighted by Crippen LogP contribution is 2.32. The largest absolute Gasteiger partial charge is 0.466 e. The molecule has 0 spiro atoms. The fraction of sp³-hybridized carbons (Fsp3) is 0.385. The molecular weight excluding hydrogens is 218 g/mol. The Balaban J connectivity index is 2.49. The Labute approximate surface area is 100 Å². The quantitative estimate of drug-likeness (QED) is 0.863. The fourth-order valence-electron chi connectivity index (χ4n) is 2.14. The topological polar surface area (TPSA) is 39.2 Å². The molecule has 0 saturated carbocycles. The number of furan rings is 1. The van der Waals surface area contributed by atoms with Crippen LogP contribution in [-0.2, 0) is 0 Å². The molecule has 2 rings (SSSR count). The maximum atomic E-state index is 6.32. The average molecular weight is 235 g/mol. The number of nitrogens with two attached hydrogens (primary N) is 1. The molecule has 0 aliphatic rings. The predicted octanol–water partition coefficient (Wildman–Crippen LogP) is 3.62. The first-order valence-electron chi connectivity index (χ1n) is 5.38. The highest BCUT2D eigenvalue weighted by molar-refractivity contribution is 7.10. The molecule has 0 aliphatic carbocycles. The summed E-state index contributed by atoms with van der Waals surface area (Å²) in [6.07, 6.45) is 0. The van der Waals surface area contributed by atoms with Gasteiger partial charge in [-0.25, -0.2) is 0 Å². The summed E-state index contributed by atoms with van der Waals surface area (Å²) in [7, 11) is 0. The van der Waals surface area contributed by atoms with Crippen LogP contribution in [0.5, 0.6) is 0 Å². The van der Waals surface area contributed by atoms with Gasteiger partial charge in [-0.3, -0.25) is 0 Å². The standard InChI is InChI=1S/C13H17NOS/c1-7-8(2)15-9(3)12(7)13(14)11-5-6-16-10(11)4/h5-6,13H,14H2,1-4H3. The number of rotatable bonds is 2. The third kappa shape index (κ3) is 1.70. The molecule has 0 amide bonds. The summed E-state index contributed by atoms with van der Waals surface area (Å²) >= 11 is 1.74. The molecule has 2 N–H and O–H groups in total. The van der Waals surface area contributed by atoms with Crippen LogP contribution >= 0.6 is 11.3 Å². The van der Waals surface area contributed by atoms with Gasteiger partial charge in [0.1, 0.15) is 11.5 Å². The van der Waals surface area contributed by atoms with E-state index in [0.717, 1.165) is 17.1 Å². The van der Waals surface area contributed by atoms with Gasteiger partial charge in [-0.2, -0.15) is 0 Å². The summed E-state index contributed by atoms with van der Waals surface area (Å²) in [5.74, 6) is 1.91. The summed E-state index contributed by atoms with van der Waals surface area (Å²) in [4.78, 5) is 1.28. The number of thiophene rings is 1. The van der Waals surface area contributed by atoms with Gasteiger partial charge >= 0.3 is 0 Å². The maximum Gasteiger partial charge on any atom is 0.106 e. The minimum atomic E-state index is -0.0660. The predicted molar refractivity (Wildman–Crippen MR) is 68.0 cm³/mol. The van der Waals surface area contributed by atoms with Crippen molar-refractivity contribution in [2.75, 3.05) is 0 Å². The van der Waals surface area contributed by atoms with E-state index in [1.807, 2.05) is 13.8 Å². The van der Waals surface area contributed by atoms with E-state index in [0.29, 0.717) is 0 Å². The van der Waals surface area contributed by atoms with Gasteiger partial charge in [-0.05, 0) is 50.3 Å². The number of hydrogen-bond donors (Lipinski definition) is 1. The van der Waals surface area contributed by atoms with Gasteiger partial charge in [-0.15, -0.1) is 11.3 Å². The molecule has 2 nitrogen and oxygen atoms in total. The zero-order valence-electron chi connectivity index (χ0n) is 10.1. The van der Waals surface area contributed by atoms with Gasteiger partial charge in [0.05, 0.1) is 6.04 Å². The Kier molecular flexibility index (Phi) is 2.91. The van der Waals surface area contributed by atoms with E-state index in [1.54, 1.807) is 11.3 Å². The second kappa shape index (κ2) is 4.07. The van der Waals surface area contributed by atoms with Crippen LogP contribution in [0.25, 0.3) is 0 Å². The SMILES string of the molecule is Cc1oc(C)c(C(N)c2ccsc2C)c1C. The zero-order valence-corrected chi connectivity index (χ0v) is 10.9. The van der Waals surface area contributed by atoms with E-state index in [1.165, 1.54) is 16.0 Å². The zero-order chi connectivity index (χ0) is 11.9. The minimum absolute atomic E-state index is 0.0660. The molecule has 0 saturated heterocycles. The van der Waals surface area contributed by atoms with Gasteiger partial charge in [0, 0.05) is 10.4 Å². The van der Waals surface area contributed by atoms with Crippen LogP contribution in [0.15, 0.2) is 15.9 Å². The smallest absolute Gasteiger partial charge is 0.106 e. The first-order chi connectivity index (χ1) is 7.52. The second-order valence-corrected chi connectivity index (χ2v) is 5.28. The minimum Gasteiger partial charge on any atom is -0.466 e. The summed E-state index contributed by atoms with van der Waals surface area (Å²) < 4.78 is 5.63. The van der Waals surface area contributed by atoms with Gasteiger partial charge in [0.2, 0.25) is 0 Å². The lowest BCUT2D eigenvalue weighted by Gasteiger charge is -2.12. The number of hydrogen-bond acceptors (Lipinski definition) is 3. The fourth-order valence-corrected chi connectivity index (χ4v) is 2.89. The molecule has 0 aromatic carbocycles. The van der Waals surface area contributed by atoms with Crippen molar-refractivity contribution in [1.82, 2.24) is 0 Å². The maximum absolute atomic E-state index is 6.32. The van der Waals surface area contributed by atoms with Crippen LogP contribution in [0.2, 0.25) is 0 Å². The molecular formula is C13H17NOS. The highest BCUT2D eigenvalue weighted by atomic mass is 32.1. The molecule has 1 unspecified atom stereocenters. The van der Waals surface area contributed by atoms with Crippen molar-refractivity contribution in [2.24, 2.45) is 5.73 Å². The van der Waals surface area contributed by atoms with Gasteiger partial charge < -0.3 is 10.2 Å². The van der Waals surface area contributed by atoms with E-state index in [4.69, 9.17) is 10.2 Å². The normalized spacial score (nSPS) is 13.1. The van der Waals surface area contributed by atoms with Crippen molar-refractivity contribution >= 4 is 11.3 Å². The van der Waals surface area contributed by atoms with Crippen molar-refractivity contribution in [3.63, 3.8) is 0 Å². The van der Waals surface area contributed by atoms with Crippen molar-refractivity contribution in [2.45, 2.75) is 33.7 Å². The Bertz CT molecular complexity index is 510. The lowest BCUT2D eigenvalue weighted by Crippen LogP contribution is -2.13. The molecule has 86 valence electrons. The Morgan fingerprint density at radius 3 is 2.31 bits per heavy atom. The van der Waals surface area contributed by atoms with E-state index in [9.17, 15) is 0 Å². The van der Waals surface area contributed by atoms with Crippen molar-refractivity contribution < 1.29 is 4.42 Å². The molecule has 16 heavy (non-hydrogen) atoms. The van der Waals surface area contributed by atoms with Crippen molar-refractivity contribution in [3.05, 3.63) is 44.5 Å². The van der Waals surface area contributed by atoms with E-state index in [2.05, 4.69) is 25.3 Å². The Morgan fingerprint density at radius 1 is 1.19 bits per heavy atom. The first-order valence-corrected chi connectivity index (χ1v) is 6.26. The average Bonchev–Trinajstić information content (AvgIpc) is 2.73. The monoisotopic (exact) mass is 235 g/mol. The molecule has 0 bridgehead atoms. The Morgan fingerprint density at radius 2 is 1.88 bits per heavy atom. The lowest BCUT2D eigenvalue weighted by molar-refractivity contribution is 0.498. The molecule has 0 fully saturated rings. The van der Waals surface area contributed by atoms with Gasteiger partial charge in [0.25, 0.3) is 0 Å². The van der Waals surface area contributed by atoms with Gasteiger partial charge in [-0.1, -0.05) is 0 Å². The molecule has 2 aromatic heterocycles. The summed E-state index contributed by atoms with van der Waals surface area (Å²) in [5.41, 5.74) is 9.84. The molecule has 0 aliphatic heterocycles. The third-order valence-electron chi connectivity index (χ3n) is 3.16. The lowest BCUT2D eigenvalue weighted by atomic mass is 9.97. The summed E-state index contributed by atoms with van der Waals surface area (Å²) in [6.45, 7) is 8.15. The second-order valence-electron chi connectivity index (χ2n) is 4.16. The molecule has 2 aromatic rings. The van der Waals surface area contributed by atoms with Crippen LogP contribution in [0.1, 0.15) is 39.1 Å². The van der Waals surface area contributed by atoms with E-state index in [-0.39, 0.29) is 6.04 Å². The van der Waals surface area contributed by atoms with Crippen LogP contribution in [0.4, 0.5) is 0 Å². The first kappa shape index (κ1) is 11.4. The molecule has 3 heteroatoms. The van der Waals surface area contributed by atoms with E-state index >= 15 is 0 Å². The van der Waals surface area contributed by atoms with Crippen molar-refractivity contribution in [3.8, 4) is 0 Å². The van der Waals surface area contributed by atoms with E-state index < -0.39 is 0 Å².